The molecule has 0 unspecified atom stereocenters. The summed E-state index contributed by atoms with van der Waals surface area (Å²) in [4.78, 5) is 16.5. The molecule has 24 heavy (non-hydrogen) atoms. The molecule has 0 spiro atoms. The van der Waals surface area contributed by atoms with Gasteiger partial charge in [-0.05, 0) is 18.2 Å². The smallest absolute Gasteiger partial charge is 0.230 e. The fraction of sp³-hybridized carbons (Fsp3) is 0.0588. The molecule has 0 aliphatic rings. The van der Waals surface area contributed by atoms with Gasteiger partial charge in [-0.1, -0.05) is 47.5 Å². The summed E-state index contributed by atoms with van der Waals surface area (Å²) in [6.07, 6.45) is 0.0346. The maximum absolute atomic E-state index is 13.8. The Bertz CT molecular complexity index is 898. The highest BCUT2D eigenvalue weighted by molar-refractivity contribution is 7.13. The SMILES string of the molecule is O=C(Cc1csc(-c2ccccc2Cl)n1)Nc1cccc(Cl)c1F. The van der Waals surface area contributed by atoms with E-state index in [-0.39, 0.29) is 23.0 Å². The van der Waals surface area contributed by atoms with E-state index in [0.29, 0.717) is 10.7 Å². The van der Waals surface area contributed by atoms with Gasteiger partial charge < -0.3 is 5.32 Å². The molecule has 0 radical (unpaired) electrons. The van der Waals surface area contributed by atoms with E-state index in [2.05, 4.69) is 10.3 Å². The second-order valence-electron chi connectivity index (χ2n) is 4.95. The zero-order valence-electron chi connectivity index (χ0n) is 12.2. The zero-order chi connectivity index (χ0) is 17.1. The van der Waals surface area contributed by atoms with E-state index in [0.717, 1.165) is 10.6 Å². The van der Waals surface area contributed by atoms with Gasteiger partial charge in [-0.25, -0.2) is 9.37 Å². The predicted octanol–water partition coefficient (Wildman–Crippen LogP) is 5.44. The number of carbonyl (C=O) groups excluding carboxylic acids is 1. The molecule has 3 aromatic rings. The number of benzene rings is 2. The van der Waals surface area contributed by atoms with Crippen LogP contribution in [0.2, 0.25) is 10.0 Å². The minimum absolute atomic E-state index is 0.0346. The van der Waals surface area contributed by atoms with Crippen molar-refractivity contribution < 1.29 is 9.18 Å². The third-order valence-electron chi connectivity index (χ3n) is 3.22. The lowest BCUT2D eigenvalue weighted by Gasteiger charge is -2.06. The molecule has 0 fully saturated rings. The number of nitrogens with zero attached hydrogens (tertiary/aromatic N) is 1. The van der Waals surface area contributed by atoms with Crippen LogP contribution in [0.3, 0.4) is 0 Å². The molecule has 0 bridgehead atoms. The summed E-state index contributed by atoms with van der Waals surface area (Å²) >= 11 is 13.2. The standard InChI is InChI=1S/C17H11Cl2FN2OS/c18-12-5-2-1-4-11(12)17-21-10(9-24-17)8-15(23)22-14-7-3-6-13(19)16(14)20/h1-7,9H,8H2,(H,22,23). The van der Waals surface area contributed by atoms with Crippen molar-refractivity contribution in [2.75, 3.05) is 5.32 Å². The van der Waals surface area contributed by atoms with Gasteiger partial charge in [-0.3, -0.25) is 4.79 Å². The van der Waals surface area contributed by atoms with E-state index in [1.807, 2.05) is 18.2 Å². The molecule has 3 rings (SSSR count). The average Bonchev–Trinajstić information content (AvgIpc) is 3.00. The van der Waals surface area contributed by atoms with Gasteiger partial charge in [-0.15, -0.1) is 11.3 Å². The van der Waals surface area contributed by atoms with Crippen molar-refractivity contribution in [2.24, 2.45) is 0 Å². The van der Waals surface area contributed by atoms with E-state index >= 15 is 0 Å². The third kappa shape index (κ3) is 3.75. The van der Waals surface area contributed by atoms with E-state index in [1.54, 1.807) is 17.5 Å². The van der Waals surface area contributed by atoms with Crippen LogP contribution in [-0.2, 0) is 11.2 Å². The van der Waals surface area contributed by atoms with E-state index in [9.17, 15) is 9.18 Å². The number of nitrogens with one attached hydrogen (secondary N) is 1. The summed E-state index contributed by atoms with van der Waals surface area (Å²) < 4.78 is 13.8. The molecule has 2 aromatic carbocycles. The van der Waals surface area contributed by atoms with Crippen LogP contribution in [0.25, 0.3) is 10.6 Å². The van der Waals surface area contributed by atoms with Crippen LogP contribution in [0.15, 0.2) is 47.8 Å². The monoisotopic (exact) mass is 380 g/mol. The molecule has 0 aliphatic heterocycles. The van der Waals surface area contributed by atoms with Crippen LogP contribution in [-0.4, -0.2) is 10.9 Å². The van der Waals surface area contributed by atoms with Gasteiger partial charge in [0.25, 0.3) is 0 Å². The predicted molar refractivity (Wildman–Crippen MR) is 96.3 cm³/mol. The topological polar surface area (TPSA) is 42.0 Å². The number of amides is 1. The lowest BCUT2D eigenvalue weighted by molar-refractivity contribution is -0.115. The van der Waals surface area contributed by atoms with Crippen molar-refractivity contribution in [2.45, 2.75) is 6.42 Å². The molecule has 0 saturated heterocycles. The molecule has 7 heteroatoms. The largest absolute Gasteiger partial charge is 0.323 e. The molecule has 0 saturated carbocycles. The number of halogens is 3. The Morgan fingerprint density at radius 2 is 1.88 bits per heavy atom. The molecule has 1 amide bonds. The second kappa shape index (κ2) is 7.30. The van der Waals surface area contributed by atoms with Gasteiger partial charge in [0.2, 0.25) is 5.91 Å². The van der Waals surface area contributed by atoms with Crippen LogP contribution in [0, 0.1) is 5.82 Å². The van der Waals surface area contributed by atoms with Crippen molar-refractivity contribution in [3.05, 3.63) is 69.4 Å². The number of rotatable bonds is 4. The normalized spacial score (nSPS) is 10.6. The Balaban J connectivity index is 1.72. The van der Waals surface area contributed by atoms with Crippen molar-refractivity contribution in [1.82, 2.24) is 4.98 Å². The first-order valence-corrected chi connectivity index (χ1v) is 8.61. The van der Waals surface area contributed by atoms with Gasteiger partial charge in [0.15, 0.2) is 5.82 Å². The van der Waals surface area contributed by atoms with Crippen LogP contribution < -0.4 is 5.32 Å². The summed E-state index contributed by atoms with van der Waals surface area (Å²) in [6.45, 7) is 0. The molecular weight excluding hydrogens is 370 g/mol. The van der Waals surface area contributed by atoms with Crippen molar-refractivity contribution in [1.29, 1.82) is 0 Å². The number of carbonyl (C=O) groups is 1. The fourth-order valence-corrected chi connectivity index (χ4v) is 3.42. The first kappa shape index (κ1) is 16.9. The van der Waals surface area contributed by atoms with Gasteiger partial charge in [0.05, 0.1) is 27.8 Å². The van der Waals surface area contributed by atoms with E-state index in [4.69, 9.17) is 23.2 Å². The van der Waals surface area contributed by atoms with Crippen molar-refractivity contribution in [3.63, 3.8) is 0 Å². The molecule has 1 aromatic heterocycles. The van der Waals surface area contributed by atoms with Crippen molar-refractivity contribution in [3.8, 4) is 10.6 Å². The Hall–Kier alpha value is -1.95. The number of thiazole rings is 1. The summed E-state index contributed by atoms with van der Waals surface area (Å²) in [5, 5.41) is 5.58. The second-order valence-corrected chi connectivity index (χ2v) is 6.62. The van der Waals surface area contributed by atoms with Gasteiger partial charge in [0, 0.05) is 10.9 Å². The van der Waals surface area contributed by atoms with Crippen LogP contribution in [0.5, 0.6) is 0 Å². The Kier molecular flexibility index (Phi) is 5.14. The molecular formula is C17H11Cl2FN2OS. The highest BCUT2D eigenvalue weighted by atomic mass is 35.5. The van der Waals surface area contributed by atoms with Crippen molar-refractivity contribution >= 4 is 46.1 Å². The molecule has 122 valence electrons. The highest BCUT2D eigenvalue weighted by Gasteiger charge is 2.13. The number of anilines is 1. The van der Waals surface area contributed by atoms with E-state index in [1.165, 1.54) is 23.5 Å². The average molecular weight is 381 g/mol. The highest BCUT2D eigenvalue weighted by Crippen LogP contribution is 2.30. The first-order chi connectivity index (χ1) is 11.5. The van der Waals surface area contributed by atoms with Crippen LogP contribution >= 0.6 is 34.5 Å². The number of hydrogen-bond donors (Lipinski definition) is 1. The Morgan fingerprint density at radius 3 is 2.67 bits per heavy atom. The lowest BCUT2D eigenvalue weighted by atomic mass is 10.2. The maximum atomic E-state index is 13.8. The minimum atomic E-state index is -0.650. The van der Waals surface area contributed by atoms with Crippen LogP contribution in [0.4, 0.5) is 10.1 Å². The number of hydrogen-bond acceptors (Lipinski definition) is 3. The van der Waals surface area contributed by atoms with Gasteiger partial charge in [0.1, 0.15) is 5.01 Å². The first-order valence-electron chi connectivity index (χ1n) is 6.98. The number of aromatic nitrogens is 1. The fourth-order valence-electron chi connectivity index (χ4n) is 2.11. The summed E-state index contributed by atoms with van der Waals surface area (Å²) in [7, 11) is 0. The summed E-state index contributed by atoms with van der Waals surface area (Å²) in [5.74, 6) is -1.02. The molecule has 0 aliphatic carbocycles. The molecule has 1 N–H and O–H groups in total. The lowest BCUT2D eigenvalue weighted by Crippen LogP contribution is -2.15. The Labute approximate surface area is 152 Å². The Morgan fingerprint density at radius 1 is 1.12 bits per heavy atom. The minimum Gasteiger partial charge on any atom is -0.323 e. The third-order valence-corrected chi connectivity index (χ3v) is 4.77. The molecule has 1 heterocycles. The van der Waals surface area contributed by atoms with Gasteiger partial charge in [-0.2, -0.15) is 0 Å². The van der Waals surface area contributed by atoms with Crippen LogP contribution in [0.1, 0.15) is 5.69 Å². The zero-order valence-corrected chi connectivity index (χ0v) is 14.6. The summed E-state index contributed by atoms with van der Waals surface area (Å²) in [5.41, 5.74) is 1.46. The van der Waals surface area contributed by atoms with E-state index < -0.39 is 5.82 Å². The maximum Gasteiger partial charge on any atom is 0.230 e. The van der Waals surface area contributed by atoms with Gasteiger partial charge >= 0.3 is 0 Å². The quantitative estimate of drug-likeness (QED) is 0.654. The molecule has 3 nitrogen and oxygen atoms in total. The molecule has 0 atom stereocenters. The summed E-state index contributed by atoms with van der Waals surface area (Å²) in [6, 6.07) is 11.8.